The Bertz CT molecular complexity index is 2240. The molecule has 8 heteroatoms. The molecule has 1 N–H and O–H groups in total. The van der Waals surface area contributed by atoms with Crippen LogP contribution in [0.25, 0.3) is 16.3 Å². The standard InChI is InChI=1S/C37H29N3O5/c1-38-35(44)39-19-18-26-29(40(39)36(38)45)21-28-34(43)27(22-10-4-2-5-11-22)20-31(42)37(28,24-13-6-3-7-14-24)33(26)32-25-15-9-8-12-23(25)16-17-30(32)41/h2-18,20,28-29,33,41H,19,21H2,1H3/t28-,29+,33+,37-/m0/s1. The molecule has 0 radical (unpaired) electrons. The van der Waals surface area contributed by atoms with Gasteiger partial charge in [0.15, 0.2) is 11.6 Å². The lowest BCUT2D eigenvalue weighted by molar-refractivity contribution is -0.133. The van der Waals surface area contributed by atoms with Gasteiger partial charge in [-0.2, -0.15) is 0 Å². The fraction of sp³-hybridized carbons (Fsp3) is 0.189. The van der Waals surface area contributed by atoms with Gasteiger partial charge in [0.1, 0.15) is 5.75 Å². The molecule has 8 nitrogen and oxygen atoms in total. The highest BCUT2D eigenvalue weighted by Gasteiger charge is 2.63. The average molecular weight is 596 g/mol. The number of allylic oxidation sites excluding steroid dienone is 4. The first-order valence-corrected chi connectivity index (χ1v) is 15.0. The van der Waals surface area contributed by atoms with Crippen LogP contribution in [0.3, 0.4) is 0 Å². The number of nitrogens with zero attached hydrogens (tertiary/aromatic N) is 3. The van der Waals surface area contributed by atoms with Gasteiger partial charge in [-0.15, -0.1) is 0 Å². The van der Waals surface area contributed by atoms with E-state index in [1.807, 2.05) is 97.1 Å². The van der Waals surface area contributed by atoms with Crippen molar-refractivity contribution in [1.82, 2.24) is 13.9 Å². The van der Waals surface area contributed by atoms with Gasteiger partial charge < -0.3 is 5.11 Å². The third-order valence-electron chi connectivity index (χ3n) is 10.1. The van der Waals surface area contributed by atoms with E-state index in [2.05, 4.69) is 0 Å². The summed E-state index contributed by atoms with van der Waals surface area (Å²) in [6.45, 7) is 0.117. The van der Waals surface area contributed by atoms with Crippen LogP contribution in [0.4, 0.5) is 0 Å². The Labute approximate surface area is 257 Å². The summed E-state index contributed by atoms with van der Waals surface area (Å²) in [7, 11) is 1.44. The van der Waals surface area contributed by atoms with Crippen LogP contribution < -0.4 is 11.4 Å². The number of hydrogen-bond acceptors (Lipinski definition) is 5. The minimum absolute atomic E-state index is 0.00392. The number of phenolic OH excluding ortho intramolecular Hbond substituents is 1. The number of aromatic hydroxyl groups is 1. The molecule has 1 aliphatic heterocycles. The Morgan fingerprint density at radius 1 is 0.800 bits per heavy atom. The van der Waals surface area contributed by atoms with E-state index in [4.69, 9.17) is 0 Å². The first-order chi connectivity index (χ1) is 21.8. The lowest BCUT2D eigenvalue weighted by atomic mass is 9.47. The lowest BCUT2D eigenvalue weighted by Gasteiger charge is -2.54. The van der Waals surface area contributed by atoms with Crippen molar-refractivity contribution in [3.8, 4) is 5.75 Å². The molecule has 4 atom stereocenters. The smallest absolute Gasteiger partial charge is 0.347 e. The number of ketones is 2. The minimum Gasteiger partial charge on any atom is -0.508 e. The molecule has 2 heterocycles. The second-order valence-corrected chi connectivity index (χ2v) is 12.1. The predicted molar refractivity (Wildman–Crippen MR) is 170 cm³/mol. The van der Waals surface area contributed by atoms with Gasteiger partial charge in [0.2, 0.25) is 0 Å². The molecule has 1 aromatic heterocycles. The molecule has 0 saturated heterocycles. The van der Waals surface area contributed by atoms with Crippen molar-refractivity contribution in [2.75, 3.05) is 0 Å². The summed E-state index contributed by atoms with van der Waals surface area (Å²) in [4.78, 5) is 56.7. The summed E-state index contributed by atoms with van der Waals surface area (Å²) in [6.07, 6.45) is 3.51. The zero-order valence-corrected chi connectivity index (χ0v) is 24.5. The number of hydrogen-bond donors (Lipinski definition) is 1. The summed E-state index contributed by atoms with van der Waals surface area (Å²) in [6, 6.07) is 28.9. The van der Waals surface area contributed by atoms with Crippen molar-refractivity contribution in [2.45, 2.75) is 30.3 Å². The van der Waals surface area contributed by atoms with E-state index in [1.165, 1.54) is 22.5 Å². The topological polar surface area (TPSA) is 103 Å². The summed E-state index contributed by atoms with van der Waals surface area (Å²) in [5.41, 5.74) is 0.508. The molecule has 4 aromatic carbocycles. The van der Waals surface area contributed by atoms with Crippen LogP contribution in [0, 0.1) is 5.92 Å². The van der Waals surface area contributed by atoms with E-state index >= 15 is 4.79 Å². The van der Waals surface area contributed by atoms with Gasteiger partial charge in [-0.1, -0.05) is 97.1 Å². The molecule has 0 spiro atoms. The number of benzene rings is 4. The van der Waals surface area contributed by atoms with E-state index in [0.717, 1.165) is 20.9 Å². The van der Waals surface area contributed by atoms with Crippen molar-refractivity contribution in [3.05, 3.63) is 152 Å². The Morgan fingerprint density at radius 2 is 1.49 bits per heavy atom. The second-order valence-electron chi connectivity index (χ2n) is 12.1. The fourth-order valence-corrected chi connectivity index (χ4v) is 8.15. The summed E-state index contributed by atoms with van der Waals surface area (Å²) >= 11 is 0. The van der Waals surface area contributed by atoms with E-state index in [-0.39, 0.29) is 30.3 Å². The molecular weight excluding hydrogens is 566 g/mol. The summed E-state index contributed by atoms with van der Waals surface area (Å²) < 4.78 is 3.92. The average Bonchev–Trinajstić information content (AvgIpc) is 3.30. The molecule has 0 amide bonds. The quantitative estimate of drug-likeness (QED) is 0.306. The van der Waals surface area contributed by atoms with Crippen molar-refractivity contribution >= 4 is 27.9 Å². The molecule has 222 valence electrons. The van der Waals surface area contributed by atoms with Crippen molar-refractivity contribution in [1.29, 1.82) is 0 Å². The molecule has 3 aliphatic rings. The maximum absolute atomic E-state index is 15.1. The number of carbonyl (C=O) groups is 2. The largest absolute Gasteiger partial charge is 0.508 e. The molecule has 2 aliphatic carbocycles. The normalized spacial score (nSPS) is 24.0. The number of Topliss-reactive ketones (excluding diaryl/α,β-unsaturated/α-hetero) is 1. The van der Waals surface area contributed by atoms with Crippen molar-refractivity contribution in [3.63, 3.8) is 0 Å². The van der Waals surface area contributed by atoms with Crippen LogP contribution in [-0.4, -0.2) is 30.6 Å². The number of fused-ring (bicyclic) bond motifs is 5. The molecule has 1 saturated carbocycles. The van der Waals surface area contributed by atoms with E-state index < -0.39 is 34.7 Å². The van der Waals surface area contributed by atoms with Crippen molar-refractivity contribution in [2.24, 2.45) is 13.0 Å². The van der Waals surface area contributed by atoms with Crippen LogP contribution in [0.5, 0.6) is 5.75 Å². The minimum atomic E-state index is -1.43. The van der Waals surface area contributed by atoms with Gasteiger partial charge in [-0.3, -0.25) is 9.59 Å². The second kappa shape index (κ2) is 9.75. The molecule has 1 fully saturated rings. The van der Waals surface area contributed by atoms with Crippen LogP contribution in [0.2, 0.25) is 0 Å². The van der Waals surface area contributed by atoms with Crippen LogP contribution in [0.1, 0.15) is 35.1 Å². The molecular formula is C37H29N3O5. The number of aromatic nitrogens is 3. The molecule has 0 unspecified atom stereocenters. The summed E-state index contributed by atoms with van der Waals surface area (Å²) in [5, 5.41) is 13.3. The highest BCUT2D eigenvalue weighted by Crippen LogP contribution is 2.63. The van der Waals surface area contributed by atoms with Gasteiger partial charge in [0.25, 0.3) is 0 Å². The van der Waals surface area contributed by atoms with Gasteiger partial charge in [0, 0.05) is 30.0 Å². The highest BCUT2D eigenvalue weighted by atomic mass is 16.3. The zero-order valence-electron chi connectivity index (χ0n) is 24.5. The molecule has 45 heavy (non-hydrogen) atoms. The van der Waals surface area contributed by atoms with Crippen LogP contribution in [-0.2, 0) is 28.6 Å². The van der Waals surface area contributed by atoms with Gasteiger partial charge in [-0.25, -0.2) is 23.5 Å². The van der Waals surface area contributed by atoms with E-state index in [1.54, 1.807) is 6.07 Å². The monoisotopic (exact) mass is 595 g/mol. The zero-order chi connectivity index (χ0) is 31.0. The van der Waals surface area contributed by atoms with Gasteiger partial charge >= 0.3 is 11.4 Å². The Hall–Kier alpha value is -5.50. The van der Waals surface area contributed by atoms with Crippen LogP contribution >= 0.6 is 0 Å². The Kier molecular flexibility index (Phi) is 5.87. The third kappa shape index (κ3) is 3.59. The maximum Gasteiger partial charge on any atom is 0.347 e. The van der Waals surface area contributed by atoms with E-state index in [0.29, 0.717) is 22.3 Å². The molecule has 8 rings (SSSR count). The number of carbonyl (C=O) groups excluding carboxylic acids is 2. The highest BCUT2D eigenvalue weighted by molar-refractivity contribution is 6.31. The maximum atomic E-state index is 15.1. The SMILES string of the molecule is Cn1c(=O)n2n(c1=O)[C@@H]1C[C@H]3C(=O)C(c4ccccc4)=CC(=O)[C@@]3(c3ccccc3)[C@@H](c3c(O)ccc4ccccc34)C1=CC2. The van der Waals surface area contributed by atoms with E-state index in [9.17, 15) is 19.5 Å². The number of phenols is 1. The Morgan fingerprint density at radius 3 is 2.24 bits per heavy atom. The molecule has 0 bridgehead atoms. The summed E-state index contributed by atoms with van der Waals surface area (Å²) in [5.74, 6) is -2.19. The molecule has 5 aromatic rings. The first-order valence-electron chi connectivity index (χ1n) is 15.0. The number of rotatable bonds is 3. The van der Waals surface area contributed by atoms with Crippen molar-refractivity contribution < 1.29 is 14.7 Å². The first kappa shape index (κ1) is 27.1. The lowest BCUT2D eigenvalue weighted by Crippen LogP contribution is -2.58. The Balaban J connectivity index is 1.51. The third-order valence-corrected chi connectivity index (χ3v) is 10.1. The fourth-order valence-electron chi connectivity index (χ4n) is 8.15. The van der Waals surface area contributed by atoms with Gasteiger partial charge in [0.05, 0.1) is 18.0 Å². The van der Waals surface area contributed by atoms with Crippen LogP contribution in [0.15, 0.2) is 124 Å². The predicted octanol–water partition coefficient (Wildman–Crippen LogP) is 4.67. The van der Waals surface area contributed by atoms with Gasteiger partial charge in [-0.05, 0) is 46.0 Å².